The molecule has 0 bridgehead atoms. The van der Waals surface area contributed by atoms with Gasteiger partial charge in [0.25, 0.3) is 0 Å². The van der Waals surface area contributed by atoms with Crippen LogP contribution in [0.15, 0.2) is 12.2 Å². The third kappa shape index (κ3) is 33.4. The fraction of sp³-hybridized carbons (Fsp3) is 0.889. The monoisotopic (exact) mass is 518 g/mol. The molecule has 0 aliphatic carbocycles. The van der Waals surface area contributed by atoms with Crippen LogP contribution < -0.4 is 0 Å². The van der Waals surface area contributed by atoms with Gasteiger partial charge in [0.15, 0.2) is 0 Å². The Bertz CT molecular complexity index is 452. The summed E-state index contributed by atoms with van der Waals surface area (Å²) in [6.07, 6.45) is 46.5. The van der Waals surface area contributed by atoms with E-state index >= 15 is 0 Å². The topological polar surface area (TPSA) is 17.1 Å². The van der Waals surface area contributed by atoms with Gasteiger partial charge in [0.2, 0.25) is 0 Å². The van der Waals surface area contributed by atoms with Gasteiger partial charge in [0.1, 0.15) is 5.78 Å². The summed E-state index contributed by atoms with van der Waals surface area (Å²) in [5.74, 6) is 0.461. The maximum atomic E-state index is 12.1. The summed E-state index contributed by atoms with van der Waals surface area (Å²) in [6, 6.07) is 0. The SMILES string of the molecule is CCCCCCCC/C=C\CCCCCCCC(=O)C[CH]CCCCCCCCCCCCCCCC. The van der Waals surface area contributed by atoms with E-state index in [9.17, 15) is 4.79 Å². The zero-order chi connectivity index (χ0) is 26.9. The molecule has 0 aliphatic rings. The number of unbranched alkanes of at least 4 members (excludes halogenated alkanes) is 26. The highest BCUT2D eigenvalue weighted by molar-refractivity contribution is 5.79. The molecule has 37 heavy (non-hydrogen) atoms. The van der Waals surface area contributed by atoms with Crippen LogP contribution in [0, 0.1) is 6.42 Å². The zero-order valence-electron chi connectivity index (χ0n) is 25.9. The Balaban J connectivity index is 3.19. The number of rotatable bonds is 32. The quantitative estimate of drug-likeness (QED) is 0.0640. The predicted molar refractivity (Wildman–Crippen MR) is 168 cm³/mol. The molecule has 0 amide bonds. The lowest BCUT2D eigenvalue weighted by molar-refractivity contribution is -0.118. The van der Waals surface area contributed by atoms with Gasteiger partial charge in [-0.15, -0.1) is 0 Å². The molecule has 0 fully saturated rings. The van der Waals surface area contributed by atoms with E-state index in [1.807, 2.05) is 0 Å². The summed E-state index contributed by atoms with van der Waals surface area (Å²) >= 11 is 0. The Morgan fingerprint density at radius 3 is 1.14 bits per heavy atom. The molecule has 219 valence electrons. The van der Waals surface area contributed by atoms with Crippen molar-refractivity contribution in [2.45, 2.75) is 206 Å². The number of Topliss-reactive ketones (excluding diaryl/α,β-unsaturated/α-hetero) is 1. The summed E-state index contributed by atoms with van der Waals surface area (Å²) in [6.45, 7) is 4.57. The molecule has 1 heteroatoms. The summed E-state index contributed by atoms with van der Waals surface area (Å²) < 4.78 is 0. The minimum Gasteiger partial charge on any atom is -0.300 e. The van der Waals surface area contributed by atoms with E-state index in [0.29, 0.717) is 12.2 Å². The summed E-state index contributed by atoms with van der Waals surface area (Å²) in [4.78, 5) is 12.1. The lowest BCUT2D eigenvalue weighted by Gasteiger charge is -2.04. The van der Waals surface area contributed by atoms with Gasteiger partial charge >= 0.3 is 0 Å². The lowest BCUT2D eigenvalue weighted by Crippen LogP contribution is -1.98. The maximum absolute atomic E-state index is 12.1. The molecule has 1 radical (unpaired) electrons. The molecule has 0 unspecified atom stereocenters. The van der Waals surface area contributed by atoms with Gasteiger partial charge < -0.3 is 0 Å². The van der Waals surface area contributed by atoms with Crippen molar-refractivity contribution >= 4 is 5.78 Å². The molecule has 0 N–H and O–H groups in total. The van der Waals surface area contributed by atoms with Crippen molar-refractivity contribution < 1.29 is 4.79 Å². The van der Waals surface area contributed by atoms with Crippen LogP contribution in [-0.4, -0.2) is 5.78 Å². The van der Waals surface area contributed by atoms with Crippen LogP contribution in [0.5, 0.6) is 0 Å². The first-order valence-electron chi connectivity index (χ1n) is 17.3. The molecule has 0 aromatic rings. The van der Waals surface area contributed by atoms with Crippen molar-refractivity contribution in [1.82, 2.24) is 0 Å². The minimum absolute atomic E-state index is 0.461. The molecule has 0 heterocycles. The Kier molecular flexibility index (Phi) is 32.9. The molecular formula is C36H69O. The highest BCUT2D eigenvalue weighted by Crippen LogP contribution is 2.15. The summed E-state index contributed by atoms with van der Waals surface area (Å²) in [7, 11) is 0. The van der Waals surface area contributed by atoms with Crippen LogP contribution in [0.2, 0.25) is 0 Å². The largest absolute Gasteiger partial charge is 0.300 e. The number of ketones is 1. The third-order valence-electron chi connectivity index (χ3n) is 7.85. The number of carbonyl (C=O) groups excluding carboxylic acids is 1. The standard InChI is InChI=1S/C36H69O/c1-3-5-7-9-11-13-15-17-19-21-23-25-27-29-31-33-35-36(37)34-32-30-28-26-24-22-20-18-16-14-12-10-8-6-4-2/h18,20,33H,3-17,19,21-32,34-35H2,1-2H3/b20-18-. The second kappa shape index (κ2) is 33.4. The molecule has 0 spiro atoms. The van der Waals surface area contributed by atoms with Crippen molar-refractivity contribution in [3.8, 4) is 0 Å². The average molecular weight is 518 g/mol. The Labute approximate surface area is 235 Å². The third-order valence-corrected chi connectivity index (χ3v) is 7.85. The molecule has 0 atom stereocenters. The van der Waals surface area contributed by atoms with E-state index in [4.69, 9.17) is 0 Å². The van der Waals surface area contributed by atoms with Crippen LogP contribution >= 0.6 is 0 Å². The Morgan fingerprint density at radius 1 is 0.405 bits per heavy atom. The van der Waals surface area contributed by atoms with Gasteiger partial charge in [0, 0.05) is 12.8 Å². The highest BCUT2D eigenvalue weighted by atomic mass is 16.1. The predicted octanol–water partition coefficient (Wildman–Crippen LogP) is 13.1. The maximum Gasteiger partial charge on any atom is 0.133 e. The van der Waals surface area contributed by atoms with Gasteiger partial charge in [-0.1, -0.05) is 167 Å². The number of carbonyl (C=O) groups is 1. The number of hydrogen-bond acceptors (Lipinski definition) is 1. The molecule has 1 nitrogen and oxygen atoms in total. The van der Waals surface area contributed by atoms with E-state index in [2.05, 4.69) is 32.4 Å². The number of hydrogen-bond donors (Lipinski definition) is 0. The second-order valence-corrected chi connectivity index (χ2v) is 11.8. The second-order valence-electron chi connectivity index (χ2n) is 11.8. The van der Waals surface area contributed by atoms with Gasteiger partial charge in [0.05, 0.1) is 0 Å². The molecule has 0 aromatic carbocycles. The zero-order valence-corrected chi connectivity index (χ0v) is 25.9. The fourth-order valence-corrected chi connectivity index (χ4v) is 5.24. The van der Waals surface area contributed by atoms with E-state index in [-0.39, 0.29) is 0 Å². The fourth-order valence-electron chi connectivity index (χ4n) is 5.24. The summed E-state index contributed by atoms with van der Waals surface area (Å²) in [5.41, 5.74) is 0. The van der Waals surface area contributed by atoms with Crippen molar-refractivity contribution in [2.75, 3.05) is 0 Å². The van der Waals surface area contributed by atoms with Crippen molar-refractivity contribution in [1.29, 1.82) is 0 Å². The first-order valence-corrected chi connectivity index (χ1v) is 17.3. The van der Waals surface area contributed by atoms with Crippen molar-refractivity contribution in [2.24, 2.45) is 0 Å². The van der Waals surface area contributed by atoms with Crippen molar-refractivity contribution in [3.05, 3.63) is 18.6 Å². The van der Waals surface area contributed by atoms with E-state index < -0.39 is 0 Å². The first kappa shape index (κ1) is 36.4. The lowest BCUT2D eigenvalue weighted by atomic mass is 10.0. The molecule has 0 saturated carbocycles. The minimum atomic E-state index is 0.461. The summed E-state index contributed by atoms with van der Waals surface area (Å²) in [5, 5.41) is 0. The molecule has 0 aliphatic heterocycles. The Hall–Kier alpha value is -0.590. The molecule has 0 rings (SSSR count). The van der Waals surface area contributed by atoms with Crippen LogP contribution in [0.1, 0.15) is 206 Å². The Morgan fingerprint density at radius 2 is 0.730 bits per heavy atom. The molecule has 0 aromatic heterocycles. The van der Waals surface area contributed by atoms with Crippen LogP contribution in [0.3, 0.4) is 0 Å². The van der Waals surface area contributed by atoms with Crippen molar-refractivity contribution in [3.63, 3.8) is 0 Å². The van der Waals surface area contributed by atoms with Gasteiger partial charge in [-0.25, -0.2) is 0 Å². The van der Waals surface area contributed by atoms with Crippen LogP contribution in [0.4, 0.5) is 0 Å². The molecule has 0 saturated heterocycles. The van der Waals surface area contributed by atoms with Gasteiger partial charge in [-0.3, -0.25) is 4.79 Å². The molecular weight excluding hydrogens is 448 g/mol. The smallest absolute Gasteiger partial charge is 0.133 e. The average Bonchev–Trinajstić information content (AvgIpc) is 2.90. The van der Waals surface area contributed by atoms with E-state index in [1.165, 1.54) is 167 Å². The van der Waals surface area contributed by atoms with E-state index in [1.54, 1.807) is 0 Å². The highest BCUT2D eigenvalue weighted by Gasteiger charge is 2.02. The van der Waals surface area contributed by atoms with Crippen LogP contribution in [0.25, 0.3) is 0 Å². The normalized spacial score (nSPS) is 11.6. The first-order chi connectivity index (χ1) is 18.3. The van der Waals surface area contributed by atoms with Gasteiger partial charge in [-0.05, 0) is 44.9 Å². The van der Waals surface area contributed by atoms with Crippen LogP contribution in [-0.2, 0) is 4.79 Å². The number of allylic oxidation sites excluding steroid dienone is 2. The van der Waals surface area contributed by atoms with E-state index in [0.717, 1.165) is 19.3 Å². The van der Waals surface area contributed by atoms with Gasteiger partial charge in [-0.2, -0.15) is 0 Å².